The Morgan fingerprint density at radius 2 is 2.06 bits per heavy atom. The van der Waals surface area contributed by atoms with Crippen molar-refractivity contribution < 1.29 is 9.90 Å². The number of hydrogen-bond acceptors (Lipinski definition) is 3. The molecule has 2 aromatic rings. The molecule has 2 aromatic heterocycles. The molecule has 1 unspecified atom stereocenters. The van der Waals surface area contributed by atoms with Crippen molar-refractivity contribution in [1.29, 1.82) is 0 Å². The lowest BCUT2D eigenvalue weighted by Gasteiger charge is -2.14. The van der Waals surface area contributed by atoms with E-state index in [4.69, 9.17) is 5.11 Å². The molecular weight excluding hydrogens is 218 g/mol. The lowest BCUT2D eigenvalue weighted by atomic mass is 9.98. The molecule has 0 radical (unpaired) electrons. The summed E-state index contributed by atoms with van der Waals surface area (Å²) in [6.45, 7) is 7.28. The highest BCUT2D eigenvalue weighted by atomic mass is 16.4. The van der Waals surface area contributed by atoms with E-state index in [0.29, 0.717) is 0 Å². The number of rotatable bonds is 2. The van der Waals surface area contributed by atoms with Crippen molar-refractivity contribution in [2.75, 3.05) is 0 Å². The highest BCUT2D eigenvalue weighted by Crippen LogP contribution is 2.23. The molecule has 0 spiro atoms. The van der Waals surface area contributed by atoms with Crippen LogP contribution in [-0.2, 0) is 4.79 Å². The molecule has 0 aliphatic carbocycles. The first kappa shape index (κ1) is 11.6. The summed E-state index contributed by atoms with van der Waals surface area (Å²) in [4.78, 5) is 15.5. The molecule has 2 heterocycles. The van der Waals surface area contributed by atoms with Gasteiger partial charge >= 0.3 is 5.97 Å². The van der Waals surface area contributed by atoms with Crippen LogP contribution in [0.25, 0.3) is 5.65 Å². The van der Waals surface area contributed by atoms with Crippen molar-refractivity contribution in [3.05, 3.63) is 28.7 Å². The summed E-state index contributed by atoms with van der Waals surface area (Å²) in [5, 5.41) is 13.4. The average molecular weight is 233 g/mol. The number of carbonyl (C=O) groups is 1. The molecule has 1 atom stereocenters. The summed E-state index contributed by atoms with van der Waals surface area (Å²) in [7, 11) is 0. The zero-order chi connectivity index (χ0) is 12.7. The second kappa shape index (κ2) is 3.84. The van der Waals surface area contributed by atoms with Crippen molar-refractivity contribution in [3.8, 4) is 0 Å². The smallest absolute Gasteiger partial charge is 0.310 e. The first-order chi connectivity index (χ1) is 7.91. The molecule has 1 N–H and O–H groups in total. The molecule has 0 aliphatic heterocycles. The van der Waals surface area contributed by atoms with Crippen LogP contribution < -0.4 is 0 Å². The Hall–Kier alpha value is -1.91. The fourth-order valence-electron chi connectivity index (χ4n) is 2.17. The van der Waals surface area contributed by atoms with Crippen molar-refractivity contribution in [3.63, 3.8) is 0 Å². The Kier molecular flexibility index (Phi) is 2.61. The van der Waals surface area contributed by atoms with Crippen LogP contribution in [0.4, 0.5) is 0 Å². The van der Waals surface area contributed by atoms with Crippen molar-refractivity contribution in [2.24, 2.45) is 0 Å². The number of carboxylic acid groups (broad SMARTS) is 1. The quantitative estimate of drug-likeness (QED) is 0.859. The molecule has 5 heteroatoms. The van der Waals surface area contributed by atoms with Gasteiger partial charge in [-0.25, -0.2) is 9.50 Å². The van der Waals surface area contributed by atoms with E-state index in [1.807, 2.05) is 26.8 Å². The van der Waals surface area contributed by atoms with Crippen LogP contribution in [0, 0.1) is 20.8 Å². The van der Waals surface area contributed by atoms with Crippen LogP contribution >= 0.6 is 0 Å². The first-order valence-corrected chi connectivity index (χ1v) is 5.48. The zero-order valence-electron chi connectivity index (χ0n) is 10.4. The van der Waals surface area contributed by atoms with Crippen LogP contribution in [0.5, 0.6) is 0 Å². The molecule has 0 amide bonds. The molecule has 0 saturated carbocycles. The van der Waals surface area contributed by atoms with Crippen LogP contribution in [0.3, 0.4) is 0 Å². The Morgan fingerprint density at radius 3 is 2.65 bits per heavy atom. The standard InChI is InChI=1S/C12H15N3O2/c1-6-5-10-13-8(3)11(7(2)12(16)17)9(4)15(10)14-6/h5,7H,1-4H3,(H,16,17). The van der Waals surface area contributed by atoms with Crippen LogP contribution in [-0.4, -0.2) is 25.7 Å². The molecule has 0 bridgehead atoms. The van der Waals surface area contributed by atoms with Gasteiger partial charge in [0.15, 0.2) is 5.65 Å². The monoisotopic (exact) mass is 233 g/mol. The van der Waals surface area contributed by atoms with Crippen molar-refractivity contribution >= 4 is 11.6 Å². The van der Waals surface area contributed by atoms with Gasteiger partial charge in [-0.15, -0.1) is 0 Å². The highest BCUT2D eigenvalue weighted by Gasteiger charge is 2.21. The van der Waals surface area contributed by atoms with Gasteiger partial charge in [0.05, 0.1) is 11.6 Å². The van der Waals surface area contributed by atoms with Crippen LogP contribution in [0.2, 0.25) is 0 Å². The minimum absolute atomic E-state index is 0.573. The third-order valence-electron chi connectivity index (χ3n) is 3.00. The minimum atomic E-state index is -0.846. The summed E-state index contributed by atoms with van der Waals surface area (Å²) >= 11 is 0. The predicted molar refractivity (Wildman–Crippen MR) is 63.2 cm³/mol. The predicted octanol–water partition coefficient (Wildman–Crippen LogP) is 1.84. The second-order valence-electron chi connectivity index (χ2n) is 4.31. The molecule has 0 fully saturated rings. The van der Waals surface area contributed by atoms with Gasteiger partial charge in [0, 0.05) is 23.0 Å². The largest absolute Gasteiger partial charge is 0.481 e. The van der Waals surface area contributed by atoms with Gasteiger partial charge in [0.25, 0.3) is 0 Å². The van der Waals surface area contributed by atoms with E-state index in [9.17, 15) is 4.79 Å². The lowest BCUT2D eigenvalue weighted by Crippen LogP contribution is -2.14. The Morgan fingerprint density at radius 1 is 1.41 bits per heavy atom. The summed E-state index contributed by atoms with van der Waals surface area (Å²) in [6, 6.07) is 1.88. The van der Waals surface area contributed by atoms with Crippen molar-refractivity contribution in [2.45, 2.75) is 33.6 Å². The van der Waals surface area contributed by atoms with Gasteiger partial charge < -0.3 is 5.11 Å². The topological polar surface area (TPSA) is 67.5 Å². The molecule has 2 rings (SSSR count). The Bertz CT molecular complexity index is 601. The number of carboxylic acids is 1. The number of aliphatic carboxylic acids is 1. The third kappa shape index (κ3) is 1.77. The van der Waals surface area contributed by atoms with E-state index in [2.05, 4.69) is 10.1 Å². The maximum Gasteiger partial charge on any atom is 0.310 e. The van der Waals surface area contributed by atoms with Gasteiger partial charge in [-0.2, -0.15) is 5.10 Å². The van der Waals surface area contributed by atoms with Gasteiger partial charge in [-0.1, -0.05) is 0 Å². The molecule has 0 aromatic carbocycles. The van der Waals surface area contributed by atoms with Crippen LogP contribution in [0.15, 0.2) is 6.07 Å². The number of aryl methyl sites for hydroxylation is 3. The maximum atomic E-state index is 11.1. The first-order valence-electron chi connectivity index (χ1n) is 5.48. The summed E-state index contributed by atoms with van der Waals surface area (Å²) in [6.07, 6.45) is 0. The molecule has 5 nitrogen and oxygen atoms in total. The number of nitrogens with zero attached hydrogens (tertiary/aromatic N) is 3. The summed E-state index contributed by atoms with van der Waals surface area (Å²) in [5.41, 5.74) is 3.98. The summed E-state index contributed by atoms with van der Waals surface area (Å²) < 4.78 is 1.71. The van der Waals surface area contributed by atoms with E-state index in [0.717, 1.165) is 28.3 Å². The molecule has 0 aliphatic rings. The third-order valence-corrected chi connectivity index (χ3v) is 3.00. The van der Waals surface area contributed by atoms with E-state index >= 15 is 0 Å². The second-order valence-corrected chi connectivity index (χ2v) is 4.31. The molecule has 17 heavy (non-hydrogen) atoms. The molecule has 0 saturated heterocycles. The van der Waals surface area contributed by atoms with Gasteiger partial charge in [0.1, 0.15) is 0 Å². The average Bonchev–Trinajstić information content (AvgIpc) is 2.58. The minimum Gasteiger partial charge on any atom is -0.481 e. The van der Waals surface area contributed by atoms with Crippen LogP contribution in [0.1, 0.15) is 35.5 Å². The Balaban J connectivity index is 2.75. The normalized spacial score (nSPS) is 12.9. The lowest BCUT2D eigenvalue weighted by molar-refractivity contribution is -0.138. The fourth-order valence-corrected chi connectivity index (χ4v) is 2.17. The number of aromatic nitrogens is 3. The van der Waals surface area contributed by atoms with E-state index in [-0.39, 0.29) is 0 Å². The van der Waals surface area contributed by atoms with Gasteiger partial charge in [-0.3, -0.25) is 4.79 Å². The van der Waals surface area contributed by atoms with Crippen molar-refractivity contribution in [1.82, 2.24) is 14.6 Å². The van der Waals surface area contributed by atoms with Gasteiger partial charge in [-0.05, 0) is 27.7 Å². The number of fused-ring (bicyclic) bond motifs is 1. The highest BCUT2D eigenvalue weighted by molar-refractivity contribution is 5.76. The molecule has 90 valence electrons. The van der Waals surface area contributed by atoms with Gasteiger partial charge in [0.2, 0.25) is 0 Å². The zero-order valence-corrected chi connectivity index (χ0v) is 10.4. The Labute approximate surface area is 99.1 Å². The molecular formula is C12H15N3O2. The SMILES string of the molecule is Cc1cc2nc(C)c(C(C)C(=O)O)c(C)n2n1. The maximum absolute atomic E-state index is 11.1. The fraction of sp³-hybridized carbons (Fsp3) is 0.417. The van der Waals surface area contributed by atoms with E-state index in [1.54, 1.807) is 11.4 Å². The van der Waals surface area contributed by atoms with E-state index in [1.165, 1.54) is 0 Å². The van der Waals surface area contributed by atoms with E-state index < -0.39 is 11.9 Å². The number of hydrogen-bond donors (Lipinski definition) is 1. The summed E-state index contributed by atoms with van der Waals surface area (Å²) in [5.74, 6) is -1.42.